The molecule has 2 aromatic heterocycles. The van der Waals surface area contributed by atoms with Crippen molar-refractivity contribution >= 4 is 33.7 Å². The van der Waals surface area contributed by atoms with Crippen LogP contribution in [0.1, 0.15) is 19.4 Å². The van der Waals surface area contributed by atoms with Crippen LogP contribution in [0.2, 0.25) is 0 Å². The lowest BCUT2D eigenvalue weighted by Gasteiger charge is -2.25. The van der Waals surface area contributed by atoms with E-state index in [-0.39, 0.29) is 4.75 Å². The molecule has 0 aliphatic carbocycles. The Hall–Kier alpha value is -2.33. The summed E-state index contributed by atoms with van der Waals surface area (Å²) >= 11 is 1.98. The summed E-state index contributed by atoms with van der Waals surface area (Å²) in [5.41, 5.74) is 4.53. The first-order chi connectivity index (χ1) is 12.1. The van der Waals surface area contributed by atoms with Crippen molar-refractivity contribution in [1.82, 2.24) is 14.5 Å². The quantitative estimate of drug-likeness (QED) is 0.491. The van der Waals surface area contributed by atoms with Crippen molar-refractivity contribution in [1.29, 1.82) is 0 Å². The molecular formula is C21H21N3S. The number of hydrogen-bond donors (Lipinski definition) is 0. The second-order valence-corrected chi connectivity index (χ2v) is 8.60. The topological polar surface area (TPSA) is 30.7 Å². The zero-order valence-electron chi connectivity index (χ0n) is 14.5. The van der Waals surface area contributed by atoms with Crippen LogP contribution < -0.4 is 0 Å². The number of nitrogens with zero attached hydrogens (tertiary/aromatic N) is 3. The molecule has 0 unspecified atom stereocenters. The summed E-state index contributed by atoms with van der Waals surface area (Å²) in [6, 6.07) is 18.9. The monoisotopic (exact) mass is 347 g/mol. The molecule has 3 nitrogen and oxygen atoms in total. The van der Waals surface area contributed by atoms with Gasteiger partial charge in [-0.25, -0.2) is 4.98 Å². The summed E-state index contributed by atoms with van der Waals surface area (Å²) in [4.78, 5) is 9.08. The van der Waals surface area contributed by atoms with Crippen molar-refractivity contribution in [3.05, 3.63) is 72.7 Å². The van der Waals surface area contributed by atoms with Crippen LogP contribution in [0.25, 0.3) is 21.9 Å². The summed E-state index contributed by atoms with van der Waals surface area (Å²) in [6.45, 7) is 5.51. The predicted molar refractivity (Wildman–Crippen MR) is 107 cm³/mol. The summed E-state index contributed by atoms with van der Waals surface area (Å²) < 4.78 is 2.38. The number of para-hydroxylation sites is 1. The third-order valence-corrected chi connectivity index (χ3v) is 5.76. The van der Waals surface area contributed by atoms with Gasteiger partial charge in [0, 0.05) is 22.4 Å². The normalized spacial score (nSPS) is 12.1. The van der Waals surface area contributed by atoms with Crippen LogP contribution in [0.5, 0.6) is 0 Å². The van der Waals surface area contributed by atoms with E-state index in [0.717, 1.165) is 23.3 Å². The van der Waals surface area contributed by atoms with Crippen LogP contribution in [0.3, 0.4) is 0 Å². The maximum atomic E-state index is 4.56. The molecule has 0 atom stereocenters. The lowest BCUT2D eigenvalue weighted by Crippen LogP contribution is -2.22. The Bertz CT molecular complexity index is 1010. The number of imidazole rings is 1. The van der Waals surface area contributed by atoms with Crippen LogP contribution in [0.4, 0.5) is 0 Å². The zero-order chi connectivity index (χ0) is 17.3. The van der Waals surface area contributed by atoms with E-state index in [9.17, 15) is 0 Å². The molecule has 4 aromatic rings. The summed E-state index contributed by atoms with van der Waals surface area (Å²) in [5.74, 6) is 1.02. The minimum atomic E-state index is 0.105. The number of hydrogen-bond acceptors (Lipinski definition) is 3. The first-order valence-corrected chi connectivity index (χ1v) is 9.47. The van der Waals surface area contributed by atoms with E-state index in [1.807, 2.05) is 30.4 Å². The maximum Gasteiger partial charge on any atom is 0.107 e. The van der Waals surface area contributed by atoms with Crippen LogP contribution in [0.15, 0.2) is 67.1 Å². The van der Waals surface area contributed by atoms with Crippen LogP contribution >= 0.6 is 11.8 Å². The van der Waals surface area contributed by atoms with Crippen molar-refractivity contribution in [2.24, 2.45) is 0 Å². The van der Waals surface area contributed by atoms with Gasteiger partial charge in [0.15, 0.2) is 0 Å². The van der Waals surface area contributed by atoms with Gasteiger partial charge in [-0.3, -0.25) is 4.98 Å². The molecule has 0 aliphatic rings. The summed E-state index contributed by atoms with van der Waals surface area (Å²) in [7, 11) is 0. The molecule has 2 heterocycles. The van der Waals surface area contributed by atoms with E-state index in [2.05, 4.69) is 76.9 Å². The van der Waals surface area contributed by atoms with Gasteiger partial charge in [-0.2, -0.15) is 0 Å². The van der Waals surface area contributed by atoms with E-state index in [1.165, 1.54) is 16.5 Å². The Morgan fingerprint density at radius 2 is 1.68 bits per heavy atom. The highest BCUT2D eigenvalue weighted by Crippen LogP contribution is 2.32. The van der Waals surface area contributed by atoms with Gasteiger partial charge in [0.05, 0.1) is 23.6 Å². The SMILES string of the molecule is CC(C)(Cn1cnc2cnc3ccccc3c21)SCc1ccccc1. The van der Waals surface area contributed by atoms with Crippen LogP contribution in [-0.2, 0) is 12.3 Å². The van der Waals surface area contributed by atoms with Crippen LogP contribution in [0, 0.1) is 0 Å². The van der Waals surface area contributed by atoms with Gasteiger partial charge in [-0.1, -0.05) is 48.5 Å². The van der Waals surface area contributed by atoms with Crippen molar-refractivity contribution in [2.45, 2.75) is 30.9 Å². The molecule has 0 radical (unpaired) electrons. The maximum absolute atomic E-state index is 4.56. The minimum Gasteiger partial charge on any atom is -0.329 e. The number of rotatable bonds is 5. The summed E-state index contributed by atoms with van der Waals surface area (Å²) in [6.07, 6.45) is 3.82. The third kappa shape index (κ3) is 3.40. The average Bonchev–Trinajstić information content (AvgIpc) is 3.04. The third-order valence-electron chi connectivity index (χ3n) is 4.37. The molecule has 0 amide bonds. The minimum absolute atomic E-state index is 0.105. The van der Waals surface area contributed by atoms with Gasteiger partial charge in [-0.05, 0) is 25.5 Å². The van der Waals surface area contributed by atoms with Gasteiger partial charge < -0.3 is 4.57 Å². The molecule has 0 saturated carbocycles. The fraction of sp³-hybridized carbons (Fsp3) is 0.238. The van der Waals surface area contributed by atoms with Crippen molar-refractivity contribution < 1.29 is 0 Å². The van der Waals surface area contributed by atoms with E-state index < -0.39 is 0 Å². The van der Waals surface area contributed by atoms with Gasteiger partial charge >= 0.3 is 0 Å². The molecule has 0 saturated heterocycles. The van der Waals surface area contributed by atoms with E-state index in [4.69, 9.17) is 0 Å². The number of fused-ring (bicyclic) bond motifs is 3. The Labute approximate surface area is 152 Å². The predicted octanol–water partition coefficient (Wildman–Crippen LogP) is 5.30. The molecular weight excluding hydrogens is 326 g/mol. The zero-order valence-corrected chi connectivity index (χ0v) is 15.3. The Morgan fingerprint density at radius 3 is 2.52 bits per heavy atom. The van der Waals surface area contributed by atoms with Crippen molar-refractivity contribution in [2.75, 3.05) is 0 Å². The lowest BCUT2D eigenvalue weighted by molar-refractivity contribution is 0.579. The molecule has 2 aromatic carbocycles. The molecule has 4 heteroatoms. The molecule has 0 N–H and O–H groups in total. The Kier molecular flexibility index (Phi) is 4.22. The Morgan fingerprint density at radius 1 is 0.920 bits per heavy atom. The second-order valence-electron chi connectivity index (χ2n) is 6.92. The van der Waals surface area contributed by atoms with Gasteiger partial charge in [0.2, 0.25) is 0 Å². The van der Waals surface area contributed by atoms with E-state index >= 15 is 0 Å². The van der Waals surface area contributed by atoms with E-state index in [0.29, 0.717) is 0 Å². The molecule has 0 fully saturated rings. The highest BCUT2D eigenvalue weighted by atomic mass is 32.2. The second kappa shape index (κ2) is 6.52. The molecule has 0 spiro atoms. The highest BCUT2D eigenvalue weighted by Gasteiger charge is 2.21. The average molecular weight is 347 g/mol. The highest BCUT2D eigenvalue weighted by molar-refractivity contribution is 7.99. The Balaban J connectivity index is 1.62. The molecule has 4 rings (SSSR count). The first-order valence-electron chi connectivity index (χ1n) is 8.49. The van der Waals surface area contributed by atoms with Crippen molar-refractivity contribution in [3.63, 3.8) is 0 Å². The summed E-state index contributed by atoms with van der Waals surface area (Å²) in [5, 5.41) is 1.17. The number of benzene rings is 2. The number of thioether (sulfide) groups is 1. The fourth-order valence-corrected chi connectivity index (χ4v) is 4.11. The smallest absolute Gasteiger partial charge is 0.107 e. The standard InChI is InChI=1S/C21H21N3S/c1-21(2,25-13-16-8-4-3-5-9-16)14-24-15-23-19-12-22-18-11-7-6-10-17(18)20(19)24/h3-12,15H,13-14H2,1-2H3. The molecule has 126 valence electrons. The molecule has 0 aliphatic heterocycles. The molecule has 25 heavy (non-hydrogen) atoms. The van der Waals surface area contributed by atoms with Gasteiger partial charge in [0.25, 0.3) is 0 Å². The first kappa shape index (κ1) is 16.2. The van der Waals surface area contributed by atoms with Crippen molar-refractivity contribution in [3.8, 4) is 0 Å². The molecule has 0 bridgehead atoms. The van der Waals surface area contributed by atoms with Gasteiger partial charge in [-0.15, -0.1) is 11.8 Å². The number of aromatic nitrogens is 3. The van der Waals surface area contributed by atoms with Gasteiger partial charge in [0.1, 0.15) is 5.52 Å². The fourth-order valence-electron chi connectivity index (χ4n) is 3.13. The van der Waals surface area contributed by atoms with Crippen LogP contribution in [-0.4, -0.2) is 19.3 Å². The lowest BCUT2D eigenvalue weighted by atomic mass is 10.1. The number of pyridine rings is 1. The van der Waals surface area contributed by atoms with E-state index in [1.54, 1.807) is 0 Å². The largest absolute Gasteiger partial charge is 0.329 e.